The van der Waals surface area contributed by atoms with Gasteiger partial charge in [0.1, 0.15) is 12.4 Å². The van der Waals surface area contributed by atoms with Crippen LogP contribution in [0.1, 0.15) is 12.5 Å². The smallest absolute Gasteiger partial charge is 0.242 e. The zero-order valence-corrected chi connectivity index (χ0v) is 18.3. The lowest BCUT2D eigenvalue weighted by atomic mass is 10.2. The van der Waals surface area contributed by atoms with E-state index in [0.29, 0.717) is 24.0 Å². The number of aromatic nitrogens is 1. The highest BCUT2D eigenvalue weighted by Gasteiger charge is 2.25. The van der Waals surface area contributed by atoms with E-state index < -0.39 is 21.4 Å². The molecule has 1 aliphatic rings. The molecule has 2 aromatic carbocycles. The van der Waals surface area contributed by atoms with Crippen LogP contribution in [0, 0.1) is 5.82 Å². The molecule has 0 spiro atoms. The maximum Gasteiger partial charge on any atom is 0.242 e. The molecule has 0 unspecified atom stereocenters. The minimum atomic E-state index is -3.81. The number of benzene rings is 2. The lowest BCUT2D eigenvalue weighted by Gasteiger charge is -2.34. The summed E-state index contributed by atoms with van der Waals surface area (Å²) in [6.07, 6.45) is 1.51. The van der Waals surface area contributed by atoms with Gasteiger partial charge in [-0.25, -0.2) is 12.8 Å². The van der Waals surface area contributed by atoms with Crippen LogP contribution in [0.15, 0.2) is 59.6 Å². The number of amides is 1. The van der Waals surface area contributed by atoms with E-state index in [1.54, 1.807) is 28.8 Å². The van der Waals surface area contributed by atoms with E-state index in [1.165, 1.54) is 24.4 Å². The first kappa shape index (κ1) is 21.5. The van der Waals surface area contributed by atoms with Crippen LogP contribution in [0.3, 0.4) is 0 Å². The molecule has 0 atom stereocenters. The Labute approximate surface area is 181 Å². The quantitative estimate of drug-likeness (QED) is 0.588. The summed E-state index contributed by atoms with van der Waals surface area (Å²) in [5, 5.41) is 0.544. The minimum Gasteiger partial charge on any atom is -0.339 e. The van der Waals surface area contributed by atoms with E-state index in [0.717, 1.165) is 19.6 Å². The molecule has 3 aromatic rings. The molecular weight excluding hydrogens is 417 g/mol. The summed E-state index contributed by atoms with van der Waals surface area (Å²) >= 11 is 0. The van der Waals surface area contributed by atoms with Gasteiger partial charge >= 0.3 is 0 Å². The number of nitrogens with zero attached hydrogens (tertiary/aromatic N) is 3. The Morgan fingerprint density at radius 1 is 1.00 bits per heavy atom. The van der Waals surface area contributed by atoms with Crippen molar-refractivity contribution in [3.63, 3.8) is 0 Å². The van der Waals surface area contributed by atoms with Crippen LogP contribution in [0.25, 0.3) is 10.9 Å². The molecule has 0 radical (unpaired) electrons. The van der Waals surface area contributed by atoms with Crippen LogP contribution in [-0.2, 0) is 26.9 Å². The number of likely N-dealkylation sites (N-methyl/N-ethyl adjacent to an activating group) is 1. The molecule has 2 heterocycles. The van der Waals surface area contributed by atoms with Crippen molar-refractivity contribution in [2.45, 2.75) is 24.1 Å². The van der Waals surface area contributed by atoms with Crippen LogP contribution in [0.2, 0.25) is 0 Å². The van der Waals surface area contributed by atoms with E-state index in [9.17, 15) is 17.6 Å². The molecule has 0 saturated carbocycles. The van der Waals surface area contributed by atoms with Crippen molar-refractivity contribution in [3.05, 3.63) is 66.1 Å². The van der Waals surface area contributed by atoms with E-state index >= 15 is 0 Å². The van der Waals surface area contributed by atoms with Crippen molar-refractivity contribution < 1.29 is 17.6 Å². The van der Waals surface area contributed by atoms with Crippen molar-refractivity contribution >= 4 is 26.6 Å². The number of para-hydroxylation sites is 1. The Hall–Kier alpha value is -2.71. The van der Waals surface area contributed by atoms with Crippen LogP contribution in [-0.4, -0.2) is 61.4 Å². The average Bonchev–Trinajstić information content (AvgIpc) is 3.15. The third-order valence-corrected chi connectivity index (χ3v) is 7.55. The lowest BCUT2D eigenvalue weighted by Crippen LogP contribution is -2.49. The number of fused-ring (bicyclic) bond motifs is 1. The number of halogens is 1. The summed E-state index contributed by atoms with van der Waals surface area (Å²) in [6, 6.07) is 13.0. The molecule has 6 nitrogen and oxygen atoms in total. The van der Waals surface area contributed by atoms with E-state index in [1.807, 2.05) is 11.0 Å². The zero-order chi connectivity index (χ0) is 22.0. The Balaban J connectivity index is 1.62. The van der Waals surface area contributed by atoms with Crippen molar-refractivity contribution in [2.24, 2.45) is 0 Å². The summed E-state index contributed by atoms with van der Waals surface area (Å²) in [5.74, 6) is -1.01. The van der Waals surface area contributed by atoms with Crippen molar-refractivity contribution in [3.8, 4) is 0 Å². The average molecular weight is 444 g/mol. The highest BCUT2D eigenvalue weighted by molar-refractivity contribution is 7.90. The first-order chi connectivity index (χ1) is 14.9. The molecule has 1 aromatic heterocycles. The minimum absolute atomic E-state index is 0.0328. The second kappa shape index (κ2) is 8.80. The van der Waals surface area contributed by atoms with Crippen LogP contribution >= 0.6 is 0 Å². The molecule has 0 bridgehead atoms. The second-order valence-electron chi connectivity index (χ2n) is 7.80. The van der Waals surface area contributed by atoms with Crippen molar-refractivity contribution in [1.29, 1.82) is 0 Å². The number of hydrogen-bond acceptors (Lipinski definition) is 4. The summed E-state index contributed by atoms with van der Waals surface area (Å²) in [5.41, 5.74) is 0.805. The predicted octanol–water partition coefficient (Wildman–Crippen LogP) is 2.92. The molecule has 4 rings (SSSR count). The fourth-order valence-electron chi connectivity index (χ4n) is 4.05. The molecule has 1 aliphatic heterocycles. The van der Waals surface area contributed by atoms with Crippen LogP contribution < -0.4 is 0 Å². The van der Waals surface area contributed by atoms with Gasteiger partial charge in [-0.1, -0.05) is 43.3 Å². The van der Waals surface area contributed by atoms with Gasteiger partial charge in [-0.15, -0.1) is 0 Å². The van der Waals surface area contributed by atoms with Gasteiger partial charge in [0.2, 0.25) is 5.91 Å². The number of carbonyl (C=O) groups excluding carboxylic acids is 1. The standard InChI is InChI=1S/C23H26FN3O3S/c1-2-25-11-13-26(14-12-25)23(28)16-27-15-22(19-8-4-6-10-21(19)27)31(29,30)17-18-7-3-5-9-20(18)24/h3-10,15H,2,11-14,16-17H2,1H3. The van der Waals surface area contributed by atoms with Gasteiger partial charge in [-0.3, -0.25) is 4.79 Å². The molecule has 1 fully saturated rings. The number of rotatable bonds is 6. The van der Waals surface area contributed by atoms with E-state index in [2.05, 4.69) is 11.8 Å². The Morgan fingerprint density at radius 2 is 1.68 bits per heavy atom. The molecular formula is C23H26FN3O3S. The van der Waals surface area contributed by atoms with Gasteiger partial charge in [-0.05, 0) is 18.7 Å². The Bertz CT molecular complexity index is 1200. The summed E-state index contributed by atoms with van der Waals surface area (Å²) < 4.78 is 42.1. The summed E-state index contributed by atoms with van der Waals surface area (Å²) in [7, 11) is -3.81. The second-order valence-corrected chi connectivity index (χ2v) is 9.76. The van der Waals surface area contributed by atoms with Gasteiger partial charge in [0.25, 0.3) is 0 Å². The molecule has 8 heteroatoms. The highest BCUT2D eigenvalue weighted by Crippen LogP contribution is 2.28. The fraction of sp³-hybridized carbons (Fsp3) is 0.348. The molecule has 1 amide bonds. The van der Waals surface area contributed by atoms with Crippen molar-refractivity contribution in [2.75, 3.05) is 32.7 Å². The highest BCUT2D eigenvalue weighted by atomic mass is 32.2. The normalized spacial score (nSPS) is 15.5. The maximum atomic E-state index is 14.1. The molecule has 0 aliphatic carbocycles. The monoisotopic (exact) mass is 443 g/mol. The molecule has 0 N–H and O–H groups in total. The summed E-state index contributed by atoms with van der Waals surface area (Å²) in [6.45, 7) is 6.17. The maximum absolute atomic E-state index is 14.1. The molecule has 1 saturated heterocycles. The number of hydrogen-bond donors (Lipinski definition) is 0. The summed E-state index contributed by atoms with van der Waals surface area (Å²) in [4.78, 5) is 17.1. The number of piperazine rings is 1. The van der Waals surface area contributed by atoms with E-state index in [-0.39, 0.29) is 22.9 Å². The third-order valence-electron chi connectivity index (χ3n) is 5.87. The Morgan fingerprint density at radius 3 is 2.39 bits per heavy atom. The van der Waals surface area contributed by atoms with Gasteiger partial charge in [0.05, 0.1) is 10.6 Å². The molecule has 31 heavy (non-hydrogen) atoms. The predicted molar refractivity (Wildman–Crippen MR) is 118 cm³/mol. The number of carbonyl (C=O) groups is 1. The third kappa shape index (κ3) is 4.50. The number of sulfone groups is 1. The first-order valence-electron chi connectivity index (χ1n) is 10.4. The van der Waals surface area contributed by atoms with Gasteiger partial charge in [0.15, 0.2) is 9.84 Å². The van der Waals surface area contributed by atoms with Crippen molar-refractivity contribution in [1.82, 2.24) is 14.4 Å². The fourth-order valence-corrected chi connectivity index (χ4v) is 5.64. The largest absolute Gasteiger partial charge is 0.339 e. The molecule has 164 valence electrons. The first-order valence-corrected chi connectivity index (χ1v) is 12.1. The van der Waals surface area contributed by atoms with Gasteiger partial charge < -0.3 is 14.4 Å². The van der Waals surface area contributed by atoms with Gasteiger partial charge in [-0.2, -0.15) is 0 Å². The zero-order valence-electron chi connectivity index (χ0n) is 17.5. The van der Waals surface area contributed by atoms with Gasteiger partial charge in [0, 0.05) is 48.8 Å². The van der Waals surface area contributed by atoms with E-state index in [4.69, 9.17) is 0 Å². The topological polar surface area (TPSA) is 62.6 Å². The van der Waals surface area contributed by atoms with Crippen LogP contribution in [0.5, 0.6) is 0 Å². The van der Waals surface area contributed by atoms with Crippen LogP contribution in [0.4, 0.5) is 4.39 Å². The SMILES string of the molecule is CCN1CCN(C(=O)Cn2cc(S(=O)(=O)Cc3ccccc3F)c3ccccc32)CC1. The Kier molecular flexibility index (Phi) is 6.11. The lowest BCUT2D eigenvalue weighted by molar-refractivity contribution is -0.133.